The number of aliphatic carboxylic acids is 1. The van der Waals surface area contributed by atoms with E-state index in [1.54, 1.807) is 10.6 Å². The van der Waals surface area contributed by atoms with E-state index < -0.39 is 17.7 Å². The Morgan fingerprint density at radius 3 is 2.57 bits per heavy atom. The number of carbonyl (C=O) groups is 1. The van der Waals surface area contributed by atoms with E-state index in [4.69, 9.17) is 14.8 Å². The van der Waals surface area contributed by atoms with Crippen LogP contribution in [-0.2, 0) is 9.53 Å². The van der Waals surface area contributed by atoms with Crippen molar-refractivity contribution in [2.75, 3.05) is 18.0 Å². The fourth-order valence-electron chi connectivity index (χ4n) is 4.80. The number of rotatable bonds is 7. The monoisotopic (exact) mass is 566 g/mol. The van der Waals surface area contributed by atoms with Crippen LogP contribution in [0.2, 0.25) is 0 Å². The van der Waals surface area contributed by atoms with E-state index in [9.17, 15) is 9.90 Å². The van der Waals surface area contributed by atoms with Crippen molar-refractivity contribution in [3.63, 3.8) is 0 Å². The summed E-state index contributed by atoms with van der Waals surface area (Å²) >= 11 is 3.54. The van der Waals surface area contributed by atoms with Gasteiger partial charge in [-0.05, 0) is 58.1 Å². The fraction of sp³-hybridized carbons (Fsp3) is 0.414. The second-order valence-electron chi connectivity index (χ2n) is 10.9. The fourth-order valence-corrected chi connectivity index (χ4v) is 5.20. The lowest BCUT2D eigenvalue weighted by Crippen LogP contribution is -2.40. The largest absolute Gasteiger partial charge is 0.479 e. The average molecular weight is 568 g/mol. The Kier molecular flexibility index (Phi) is 7.62. The van der Waals surface area contributed by atoms with E-state index in [0.717, 1.165) is 47.5 Å². The van der Waals surface area contributed by atoms with Crippen LogP contribution in [0, 0.1) is 12.3 Å². The van der Waals surface area contributed by atoms with E-state index in [0.29, 0.717) is 16.9 Å². The maximum atomic E-state index is 12.6. The standard InChI is InChI=1S/C29H35BrN4O3/c1-7-8-12-29(6)13-15-33(16-14-29)26-24(25(27(35)36)37-28(3,4)5)19(2)31-23-18-22(32-34(23)26)20-10-9-11-21(30)17-20/h7-12,17-18,25H,1,13-16H2,2-6H3,(H,35,36)/b12-8+. The van der Waals surface area contributed by atoms with Gasteiger partial charge in [-0.3, -0.25) is 0 Å². The molecule has 4 rings (SSSR count). The molecule has 1 aromatic carbocycles. The first-order chi connectivity index (χ1) is 17.4. The number of fused-ring (bicyclic) bond motifs is 1. The summed E-state index contributed by atoms with van der Waals surface area (Å²) in [6.07, 6.45) is 6.67. The number of aryl methyl sites for hydroxylation is 1. The van der Waals surface area contributed by atoms with Gasteiger partial charge in [0.2, 0.25) is 0 Å². The first-order valence-electron chi connectivity index (χ1n) is 12.5. The number of carboxylic acid groups (broad SMARTS) is 1. The molecule has 37 heavy (non-hydrogen) atoms. The molecule has 0 spiro atoms. The van der Waals surface area contributed by atoms with Gasteiger partial charge in [0, 0.05) is 34.9 Å². The van der Waals surface area contributed by atoms with E-state index in [2.05, 4.69) is 40.4 Å². The second kappa shape index (κ2) is 10.4. The lowest BCUT2D eigenvalue weighted by atomic mass is 9.80. The molecule has 1 saturated heterocycles. The summed E-state index contributed by atoms with van der Waals surface area (Å²) in [4.78, 5) is 19.6. The van der Waals surface area contributed by atoms with Gasteiger partial charge >= 0.3 is 5.97 Å². The molecular formula is C29H35BrN4O3. The first-order valence-corrected chi connectivity index (χ1v) is 13.3. The number of carboxylic acids is 1. The number of nitrogens with zero attached hydrogens (tertiary/aromatic N) is 4. The SMILES string of the molecule is C=C/C=C/C1(C)CCN(c2c(C(OC(C)(C)C)C(=O)O)c(C)nc3cc(-c4cccc(Br)c4)nn23)CC1. The predicted octanol–water partition coefficient (Wildman–Crippen LogP) is 6.76. The smallest absolute Gasteiger partial charge is 0.337 e. The quantitative estimate of drug-likeness (QED) is 0.318. The highest BCUT2D eigenvalue weighted by molar-refractivity contribution is 9.10. The maximum absolute atomic E-state index is 12.6. The van der Waals surface area contributed by atoms with Crippen LogP contribution >= 0.6 is 15.9 Å². The van der Waals surface area contributed by atoms with Gasteiger partial charge in [-0.25, -0.2) is 9.78 Å². The van der Waals surface area contributed by atoms with Crippen molar-refractivity contribution >= 4 is 33.4 Å². The summed E-state index contributed by atoms with van der Waals surface area (Å²) < 4.78 is 8.86. The van der Waals surface area contributed by atoms with Gasteiger partial charge in [0.25, 0.3) is 0 Å². The van der Waals surface area contributed by atoms with Crippen molar-refractivity contribution in [1.82, 2.24) is 14.6 Å². The van der Waals surface area contributed by atoms with Crippen molar-refractivity contribution in [3.8, 4) is 11.3 Å². The Morgan fingerprint density at radius 1 is 1.27 bits per heavy atom. The minimum Gasteiger partial charge on any atom is -0.479 e. The molecule has 1 aliphatic rings. The second-order valence-corrected chi connectivity index (χ2v) is 11.8. The number of aromatic nitrogens is 3. The molecule has 3 aromatic rings. The maximum Gasteiger partial charge on any atom is 0.337 e. The number of hydrogen-bond acceptors (Lipinski definition) is 5. The zero-order valence-corrected chi connectivity index (χ0v) is 23.7. The molecule has 7 nitrogen and oxygen atoms in total. The predicted molar refractivity (Wildman–Crippen MR) is 151 cm³/mol. The van der Waals surface area contributed by atoms with E-state index >= 15 is 0 Å². The summed E-state index contributed by atoms with van der Waals surface area (Å²) in [5.41, 5.74) is 2.95. The number of ether oxygens (including phenoxy) is 1. The van der Waals surface area contributed by atoms with E-state index in [1.165, 1.54) is 0 Å². The first kappa shape index (κ1) is 27.1. The molecular weight excluding hydrogens is 532 g/mol. The molecule has 0 amide bonds. The molecule has 1 atom stereocenters. The van der Waals surface area contributed by atoms with Crippen LogP contribution in [0.5, 0.6) is 0 Å². The Morgan fingerprint density at radius 2 is 1.97 bits per heavy atom. The lowest BCUT2D eigenvalue weighted by molar-refractivity contribution is -0.160. The molecule has 1 fully saturated rings. The minimum atomic E-state index is -1.18. The molecule has 1 N–H and O–H groups in total. The van der Waals surface area contributed by atoms with Crippen molar-refractivity contribution < 1.29 is 14.6 Å². The molecule has 0 saturated carbocycles. The van der Waals surface area contributed by atoms with Crippen LogP contribution in [0.4, 0.5) is 5.82 Å². The van der Waals surface area contributed by atoms with Crippen LogP contribution in [0.3, 0.4) is 0 Å². The molecule has 8 heteroatoms. The van der Waals surface area contributed by atoms with Gasteiger partial charge in [0.1, 0.15) is 5.82 Å². The number of halogens is 1. The molecule has 196 valence electrons. The molecule has 1 unspecified atom stereocenters. The summed E-state index contributed by atoms with van der Waals surface area (Å²) in [7, 11) is 0. The average Bonchev–Trinajstić information content (AvgIpc) is 3.24. The van der Waals surface area contributed by atoms with Crippen molar-refractivity contribution in [3.05, 3.63) is 70.9 Å². The number of hydrogen-bond donors (Lipinski definition) is 1. The third kappa shape index (κ3) is 5.96. The zero-order valence-electron chi connectivity index (χ0n) is 22.2. The van der Waals surface area contributed by atoms with Crippen LogP contribution < -0.4 is 4.90 Å². The molecule has 1 aliphatic heterocycles. The molecule has 0 radical (unpaired) electrons. The zero-order chi connectivity index (χ0) is 27.0. The summed E-state index contributed by atoms with van der Waals surface area (Å²) in [6.45, 7) is 15.0. The van der Waals surface area contributed by atoms with Crippen LogP contribution in [0.25, 0.3) is 16.9 Å². The topological polar surface area (TPSA) is 80.0 Å². The highest BCUT2D eigenvalue weighted by Crippen LogP contribution is 2.40. The molecule has 2 aromatic heterocycles. The minimum absolute atomic E-state index is 0.0474. The normalized spacial score (nSPS) is 16.9. The van der Waals surface area contributed by atoms with Gasteiger partial charge in [0.15, 0.2) is 11.8 Å². The molecule has 0 aliphatic carbocycles. The number of benzene rings is 1. The van der Waals surface area contributed by atoms with E-state index in [1.807, 2.05) is 64.1 Å². The van der Waals surface area contributed by atoms with Crippen molar-refractivity contribution in [1.29, 1.82) is 0 Å². The number of piperidine rings is 1. The summed E-state index contributed by atoms with van der Waals surface area (Å²) in [5.74, 6) is -0.314. The van der Waals surface area contributed by atoms with Gasteiger partial charge in [0.05, 0.1) is 16.9 Å². The van der Waals surface area contributed by atoms with Gasteiger partial charge in [-0.1, -0.05) is 59.8 Å². The highest BCUT2D eigenvalue weighted by Gasteiger charge is 2.36. The van der Waals surface area contributed by atoms with Crippen molar-refractivity contribution in [2.45, 2.75) is 59.2 Å². The number of allylic oxidation sites excluding steroid dienone is 3. The Labute approximate surface area is 227 Å². The lowest BCUT2D eigenvalue weighted by Gasteiger charge is -2.40. The Hall–Kier alpha value is -2.97. The molecule has 0 bridgehead atoms. The van der Waals surface area contributed by atoms with E-state index in [-0.39, 0.29) is 5.41 Å². The Balaban J connectivity index is 1.90. The van der Waals surface area contributed by atoms with Crippen LogP contribution in [0.15, 0.2) is 59.6 Å². The summed E-state index contributed by atoms with van der Waals surface area (Å²) in [6, 6.07) is 9.90. The highest BCUT2D eigenvalue weighted by atomic mass is 79.9. The molecule has 3 heterocycles. The van der Waals surface area contributed by atoms with Crippen LogP contribution in [-0.4, -0.2) is 44.4 Å². The number of anilines is 1. The van der Waals surface area contributed by atoms with Gasteiger partial charge in [-0.2, -0.15) is 9.61 Å². The van der Waals surface area contributed by atoms with Gasteiger partial charge in [-0.15, -0.1) is 0 Å². The Bertz CT molecular complexity index is 1350. The third-order valence-electron chi connectivity index (χ3n) is 6.72. The van der Waals surface area contributed by atoms with Gasteiger partial charge < -0.3 is 14.7 Å². The third-order valence-corrected chi connectivity index (χ3v) is 7.22. The summed E-state index contributed by atoms with van der Waals surface area (Å²) in [5, 5.41) is 15.2. The van der Waals surface area contributed by atoms with Crippen molar-refractivity contribution in [2.24, 2.45) is 5.41 Å². The van der Waals surface area contributed by atoms with Crippen LogP contribution in [0.1, 0.15) is 57.9 Å².